The van der Waals surface area contributed by atoms with Crippen LogP contribution in [0.2, 0.25) is 0 Å². The van der Waals surface area contributed by atoms with E-state index in [-0.39, 0.29) is 12.6 Å². The van der Waals surface area contributed by atoms with Crippen molar-refractivity contribution >= 4 is 0 Å². The van der Waals surface area contributed by atoms with Gasteiger partial charge < -0.3 is 0 Å². The predicted octanol–water partition coefficient (Wildman–Crippen LogP) is 2.43. The number of nitrogens with zero attached hydrogens (tertiary/aromatic N) is 3. The van der Waals surface area contributed by atoms with E-state index in [2.05, 4.69) is 6.07 Å². The molecule has 0 aliphatic heterocycles. The fraction of sp³-hybridized carbons (Fsp3) is 0.385. The molecule has 0 radical (unpaired) electrons. The molecular weight excluding hydrogens is 217 g/mol. The molecule has 0 saturated carbocycles. The van der Waals surface area contributed by atoms with Gasteiger partial charge >= 0.3 is 0 Å². The lowest BCUT2D eigenvalue weighted by molar-refractivity contribution is 0.237. The highest BCUT2D eigenvalue weighted by Crippen LogP contribution is 2.13. The van der Waals surface area contributed by atoms with Crippen molar-refractivity contribution in [2.45, 2.75) is 26.4 Å². The Balaban J connectivity index is 2.87. The second-order valence-corrected chi connectivity index (χ2v) is 4.07. The van der Waals surface area contributed by atoms with E-state index in [1.165, 1.54) is 6.07 Å². The maximum Gasteiger partial charge on any atom is 0.129 e. The summed E-state index contributed by atoms with van der Waals surface area (Å²) < 4.78 is 13.6. The highest BCUT2D eigenvalue weighted by molar-refractivity contribution is 5.32. The Morgan fingerprint density at radius 1 is 1.35 bits per heavy atom. The van der Waals surface area contributed by atoms with E-state index in [9.17, 15) is 4.39 Å². The molecule has 0 saturated heterocycles. The van der Waals surface area contributed by atoms with E-state index < -0.39 is 5.82 Å². The second-order valence-electron chi connectivity index (χ2n) is 4.07. The quantitative estimate of drug-likeness (QED) is 0.748. The van der Waals surface area contributed by atoms with Crippen molar-refractivity contribution in [3.05, 3.63) is 35.1 Å². The van der Waals surface area contributed by atoms with Crippen molar-refractivity contribution in [3.8, 4) is 12.1 Å². The predicted molar refractivity (Wildman–Crippen MR) is 62.3 cm³/mol. The van der Waals surface area contributed by atoms with Crippen molar-refractivity contribution in [2.75, 3.05) is 6.54 Å². The Morgan fingerprint density at radius 3 is 2.53 bits per heavy atom. The molecule has 0 spiro atoms. The maximum absolute atomic E-state index is 13.6. The van der Waals surface area contributed by atoms with Crippen molar-refractivity contribution in [3.63, 3.8) is 0 Å². The lowest BCUT2D eigenvalue weighted by atomic mass is 10.1. The first-order valence-corrected chi connectivity index (χ1v) is 5.38. The molecule has 1 rings (SSSR count). The first-order valence-electron chi connectivity index (χ1n) is 5.38. The van der Waals surface area contributed by atoms with Crippen LogP contribution >= 0.6 is 0 Å². The standard InChI is InChI=1S/C13H14FN3/c1-10(2)17(6-5-15)9-12-4-3-11(8-16)7-13(12)14/h3-4,7,10H,6,9H2,1-2H3. The zero-order valence-corrected chi connectivity index (χ0v) is 9.94. The normalized spacial score (nSPS) is 10.3. The van der Waals surface area contributed by atoms with Crippen LogP contribution in [0.5, 0.6) is 0 Å². The van der Waals surface area contributed by atoms with Crippen molar-refractivity contribution in [1.29, 1.82) is 10.5 Å². The van der Waals surface area contributed by atoms with Gasteiger partial charge in [0.2, 0.25) is 0 Å². The van der Waals surface area contributed by atoms with Gasteiger partial charge in [0.1, 0.15) is 5.82 Å². The highest BCUT2D eigenvalue weighted by atomic mass is 19.1. The second kappa shape index (κ2) is 5.98. The molecule has 0 amide bonds. The summed E-state index contributed by atoms with van der Waals surface area (Å²) in [6, 6.07) is 8.53. The Kier molecular flexibility index (Phi) is 4.63. The SMILES string of the molecule is CC(C)N(CC#N)Cc1ccc(C#N)cc1F. The van der Waals surface area contributed by atoms with Crippen LogP contribution in [0.4, 0.5) is 4.39 Å². The number of rotatable bonds is 4. The van der Waals surface area contributed by atoms with Crippen molar-refractivity contribution < 1.29 is 4.39 Å². The molecule has 3 nitrogen and oxygen atoms in total. The van der Waals surface area contributed by atoms with E-state index in [0.717, 1.165) is 0 Å². The fourth-order valence-corrected chi connectivity index (χ4v) is 1.48. The summed E-state index contributed by atoms with van der Waals surface area (Å²) in [5, 5.41) is 17.3. The van der Waals surface area contributed by atoms with Gasteiger partial charge in [-0.25, -0.2) is 4.39 Å². The molecule has 0 aromatic heterocycles. The minimum absolute atomic E-state index is 0.171. The lowest BCUT2D eigenvalue weighted by Gasteiger charge is -2.23. The molecule has 0 atom stereocenters. The van der Waals surface area contributed by atoms with Crippen LogP contribution in [0.25, 0.3) is 0 Å². The van der Waals surface area contributed by atoms with Gasteiger partial charge in [-0.1, -0.05) is 6.07 Å². The van der Waals surface area contributed by atoms with E-state index in [4.69, 9.17) is 10.5 Å². The number of nitriles is 2. The first kappa shape index (κ1) is 13.2. The van der Waals surface area contributed by atoms with Gasteiger partial charge in [0.15, 0.2) is 0 Å². The summed E-state index contributed by atoms with van der Waals surface area (Å²) in [5.41, 5.74) is 0.815. The van der Waals surface area contributed by atoms with Gasteiger partial charge in [0, 0.05) is 18.2 Å². The molecular formula is C13H14FN3. The minimum atomic E-state index is -0.396. The third-order valence-electron chi connectivity index (χ3n) is 2.56. The van der Waals surface area contributed by atoms with Crippen LogP contribution in [0.3, 0.4) is 0 Å². The molecule has 0 bridgehead atoms. The maximum atomic E-state index is 13.6. The number of halogens is 1. The zero-order chi connectivity index (χ0) is 12.8. The summed E-state index contributed by atoms with van der Waals surface area (Å²) in [6.07, 6.45) is 0. The topological polar surface area (TPSA) is 50.8 Å². The largest absolute Gasteiger partial charge is 0.284 e. The molecule has 17 heavy (non-hydrogen) atoms. The smallest absolute Gasteiger partial charge is 0.129 e. The van der Waals surface area contributed by atoms with Gasteiger partial charge in [0.25, 0.3) is 0 Å². The van der Waals surface area contributed by atoms with E-state index in [1.807, 2.05) is 24.8 Å². The Hall–Kier alpha value is -1.91. The summed E-state index contributed by atoms with van der Waals surface area (Å²) in [6.45, 7) is 4.55. The van der Waals surface area contributed by atoms with Gasteiger partial charge in [-0.2, -0.15) is 10.5 Å². The Bertz CT molecular complexity index is 469. The number of hydrogen-bond donors (Lipinski definition) is 0. The molecule has 0 N–H and O–H groups in total. The van der Waals surface area contributed by atoms with Gasteiger partial charge in [-0.05, 0) is 26.0 Å². The molecule has 1 aromatic carbocycles. The molecule has 4 heteroatoms. The van der Waals surface area contributed by atoms with E-state index in [1.54, 1.807) is 12.1 Å². The van der Waals surface area contributed by atoms with Gasteiger partial charge in [-0.15, -0.1) is 0 Å². The van der Waals surface area contributed by atoms with Crippen molar-refractivity contribution in [1.82, 2.24) is 4.90 Å². The average molecular weight is 231 g/mol. The third kappa shape index (κ3) is 3.55. The van der Waals surface area contributed by atoms with Crippen LogP contribution < -0.4 is 0 Å². The molecule has 0 fully saturated rings. The Morgan fingerprint density at radius 2 is 2.06 bits per heavy atom. The van der Waals surface area contributed by atoms with Crippen molar-refractivity contribution in [2.24, 2.45) is 0 Å². The van der Waals surface area contributed by atoms with Gasteiger partial charge in [-0.3, -0.25) is 4.90 Å². The summed E-state index contributed by atoms with van der Waals surface area (Å²) in [7, 11) is 0. The van der Waals surface area contributed by atoms with Crippen LogP contribution in [0.1, 0.15) is 25.0 Å². The molecule has 0 aliphatic rings. The molecule has 0 unspecified atom stereocenters. The molecule has 0 heterocycles. The number of benzene rings is 1. The van der Waals surface area contributed by atoms with Crippen LogP contribution in [0.15, 0.2) is 18.2 Å². The molecule has 88 valence electrons. The van der Waals surface area contributed by atoms with E-state index in [0.29, 0.717) is 17.7 Å². The summed E-state index contributed by atoms with van der Waals surface area (Å²) in [5.74, 6) is -0.396. The van der Waals surface area contributed by atoms with E-state index >= 15 is 0 Å². The molecule has 1 aromatic rings. The fourth-order valence-electron chi connectivity index (χ4n) is 1.48. The molecule has 0 aliphatic carbocycles. The summed E-state index contributed by atoms with van der Waals surface area (Å²) >= 11 is 0. The van der Waals surface area contributed by atoms with Crippen LogP contribution in [-0.2, 0) is 6.54 Å². The zero-order valence-electron chi connectivity index (χ0n) is 9.94. The average Bonchev–Trinajstić information content (AvgIpc) is 2.30. The minimum Gasteiger partial charge on any atom is -0.284 e. The third-order valence-corrected chi connectivity index (χ3v) is 2.56. The first-order chi connectivity index (χ1) is 8.08. The Labute approximate surface area is 101 Å². The highest BCUT2D eigenvalue weighted by Gasteiger charge is 2.12. The lowest BCUT2D eigenvalue weighted by Crippen LogP contribution is -2.31. The van der Waals surface area contributed by atoms with Crippen LogP contribution in [-0.4, -0.2) is 17.5 Å². The van der Waals surface area contributed by atoms with Crippen LogP contribution in [0, 0.1) is 28.5 Å². The monoisotopic (exact) mass is 231 g/mol. The number of hydrogen-bond acceptors (Lipinski definition) is 3. The summed E-state index contributed by atoms with van der Waals surface area (Å²) in [4.78, 5) is 1.87. The van der Waals surface area contributed by atoms with Gasteiger partial charge in [0.05, 0.1) is 24.2 Å².